The largest absolute Gasteiger partial charge is 0.355 e. The van der Waals surface area contributed by atoms with Crippen molar-refractivity contribution < 1.29 is 4.79 Å². The number of nitrogens with one attached hydrogen (secondary N) is 1. The van der Waals surface area contributed by atoms with Gasteiger partial charge in [0.2, 0.25) is 5.91 Å². The third-order valence-corrected chi connectivity index (χ3v) is 7.00. The van der Waals surface area contributed by atoms with Crippen LogP contribution in [0.2, 0.25) is 0 Å². The maximum Gasteiger partial charge on any atom is 0.220 e. The number of thioether (sulfide) groups is 1. The number of para-hydroxylation sites is 1. The summed E-state index contributed by atoms with van der Waals surface area (Å²) in [6.07, 6.45) is 3.93. The van der Waals surface area contributed by atoms with Crippen LogP contribution in [0.1, 0.15) is 25.7 Å². The Morgan fingerprint density at radius 1 is 1.10 bits per heavy atom. The number of carbonyl (C=O) groups excluding carboxylic acids is 1. The molecule has 8 heteroatoms. The summed E-state index contributed by atoms with van der Waals surface area (Å²) < 4.78 is 2.10. The highest BCUT2D eigenvalue weighted by Crippen LogP contribution is 2.30. The molecule has 6 nitrogen and oxygen atoms in total. The zero-order valence-corrected chi connectivity index (χ0v) is 18.6. The number of nitrogens with zero attached hydrogens (tertiary/aromatic N) is 4. The number of benzene rings is 1. The number of aromatic nitrogens is 3. The molecule has 2 aromatic heterocycles. The number of amides is 1. The summed E-state index contributed by atoms with van der Waals surface area (Å²) in [5, 5.41) is 14.8. The van der Waals surface area contributed by atoms with Crippen molar-refractivity contribution in [2.75, 3.05) is 31.9 Å². The van der Waals surface area contributed by atoms with E-state index in [0.29, 0.717) is 6.42 Å². The maximum atomic E-state index is 12.1. The van der Waals surface area contributed by atoms with Crippen LogP contribution in [0.15, 0.2) is 53.0 Å². The molecule has 4 rings (SSSR count). The summed E-state index contributed by atoms with van der Waals surface area (Å²) in [7, 11) is 0. The van der Waals surface area contributed by atoms with Crippen LogP contribution in [0, 0.1) is 0 Å². The number of likely N-dealkylation sites (tertiary alicyclic amines) is 1. The summed E-state index contributed by atoms with van der Waals surface area (Å²) in [6.45, 7) is 4.05. The zero-order chi connectivity index (χ0) is 20.6. The van der Waals surface area contributed by atoms with E-state index in [1.165, 1.54) is 25.9 Å². The molecule has 1 fully saturated rings. The molecule has 0 atom stereocenters. The highest BCUT2D eigenvalue weighted by molar-refractivity contribution is 7.99. The van der Waals surface area contributed by atoms with Gasteiger partial charge in [-0.1, -0.05) is 36.0 Å². The molecule has 0 radical (unpaired) electrons. The van der Waals surface area contributed by atoms with Crippen molar-refractivity contribution in [3.63, 3.8) is 0 Å². The maximum absolute atomic E-state index is 12.1. The topological polar surface area (TPSA) is 63.1 Å². The molecule has 158 valence electrons. The zero-order valence-electron chi connectivity index (χ0n) is 17.0. The lowest BCUT2D eigenvalue weighted by Crippen LogP contribution is -2.33. The quantitative estimate of drug-likeness (QED) is 0.379. The molecule has 0 aliphatic carbocycles. The molecule has 0 spiro atoms. The molecule has 1 aromatic carbocycles. The van der Waals surface area contributed by atoms with Gasteiger partial charge in [0.25, 0.3) is 0 Å². The van der Waals surface area contributed by atoms with Gasteiger partial charge in [-0.25, -0.2) is 0 Å². The fraction of sp³-hybridized carbons (Fsp3) is 0.409. The molecular formula is C22H27N5OS2. The van der Waals surface area contributed by atoms with Crippen LogP contribution in [-0.2, 0) is 4.79 Å². The normalized spacial score (nSPS) is 14.3. The molecule has 1 N–H and O–H groups in total. The van der Waals surface area contributed by atoms with Gasteiger partial charge in [0.15, 0.2) is 11.0 Å². The van der Waals surface area contributed by atoms with Crippen molar-refractivity contribution >= 4 is 29.0 Å². The summed E-state index contributed by atoms with van der Waals surface area (Å²) in [4.78, 5) is 15.6. The van der Waals surface area contributed by atoms with Crippen molar-refractivity contribution in [3.8, 4) is 16.4 Å². The molecule has 1 aliphatic rings. The number of hydrogen-bond donors (Lipinski definition) is 1. The van der Waals surface area contributed by atoms with E-state index in [2.05, 4.69) is 48.6 Å². The summed E-state index contributed by atoms with van der Waals surface area (Å²) in [6, 6.07) is 14.3. The van der Waals surface area contributed by atoms with Gasteiger partial charge in [-0.05, 0) is 55.9 Å². The van der Waals surface area contributed by atoms with Crippen molar-refractivity contribution in [1.82, 2.24) is 25.0 Å². The first-order chi connectivity index (χ1) is 14.8. The van der Waals surface area contributed by atoms with E-state index in [1.807, 2.05) is 24.3 Å². The minimum atomic E-state index is 0.138. The Balaban J connectivity index is 1.30. The molecule has 3 heterocycles. The van der Waals surface area contributed by atoms with Crippen LogP contribution in [0.25, 0.3) is 16.4 Å². The van der Waals surface area contributed by atoms with E-state index in [0.717, 1.165) is 46.8 Å². The predicted molar refractivity (Wildman–Crippen MR) is 123 cm³/mol. The highest BCUT2D eigenvalue weighted by Gasteiger charge is 2.17. The summed E-state index contributed by atoms with van der Waals surface area (Å²) in [5.41, 5.74) is 1.05. The van der Waals surface area contributed by atoms with E-state index in [4.69, 9.17) is 0 Å². The van der Waals surface area contributed by atoms with Crippen LogP contribution in [-0.4, -0.2) is 57.5 Å². The molecule has 1 amide bonds. The van der Waals surface area contributed by atoms with Gasteiger partial charge >= 0.3 is 0 Å². The van der Waals surface area contributed by atoms with Gasteiger partial charge in [-0.3, -0.25) is 9.36 Å². The van der Waals surface area contributed by atoms with Crippen molar-refractivity contribution in [1.29, 1.82) is 0 Å². The van der Waals surface area contributed by atoms with Gasteiger partial charge in [0.1, 0.15) is 0 Å². The molecule has 0 saturated carbocycles. The van der Waals surface area contributed by atoms with Gasteiger partial charge in [-0.15, -0.1) is 21.5 Å². The first-order valence-electron chi connectivity index (χ1n) is 10.5. The number of carbonyl (C=O) groups is 1. The fourth-order valence-electron chi connectivity index (χ4n) is 3.58. The SMILES string of the molecule is O=C(CCCSc1nnc(-c2cccs2)n1-c1ccccc1)NCCN1CCCC1. The summed E-state index contributed by atoms with van der Waals surface area (Å²) in [5.74, 6) is 1.83. The Hall–Kier alpha value is -2.16. The minimum Gasteiger partial charge on any atom is -0.355 e. The average molecular weight is 442 g/mol. The van der Waals surface area contributed by atoms with Gasteiger partial charge in [0.05, 0.1) is 4.88 Å². The van der Waals surface area contributed by atoms with Crippen LogP contribution >= 0.6 is 23.1 Å². The van der Waals surface area contributed by atoms with Gasteiger partial charge in [0, 0.05) is 31.0 Å². The van der Waals surface area contributed by atoms with Gasteiger partial charge in [-0.2, -0.15) is 0 Å². The Kier molecular flexibility index (Phi) is 7.55. The van der Waals surface area contributed by atoms with Crippen LogP contribution < -0.4 is 5.32 Å². The number of hydrogen-bond acceptors (Lipinski definition) is 6. The van der Waals surface area contributed by atoms with E-state index in [1.54, 1.807) is 23.1 Å². The second-order valence-electron chi connectivity index (χ2n) is 7.31. The van der Waals surface area contributed by atoms with Crippen LogP contribution in [0.3, 0.4) is 0 Å². The van der Waals surface area contributed by atoms with Gasteiger partial charge < -0.3 is 10.2 Å². The van der Waals surface area contributed by atoms with E-state index >= 15 is 0 Å². The fourth-order valence-corrected chi connectivity index (χ4v) is 5.17. The molecule has 0 unspecified atom stereocenters. The van der Waals surface area contributed by atoms with E-state index in [-0.39, 0.29) is 5.91 Å². The lowest BCUT2D eigenvalue weighted by atomic mass is 10.3. The molecule has 0 bridgehead atoms. The monoisotopic (exact) mass is 441 g/mol. The Labute approximate surface area is 185 Å². The second kappa shape index (κ2) is 10.7. The third-order valence-electron chi connectivity index (χ3n) is 5.12. The molecule has 1 aliphatic heterocycles. The summed E-state index contributed by atoms with van der Waals surface area (Å²) >= 11 is 3.31. The highest BCUT2D eigenvalue weighted by atomic mass is 32.2. The minimum absolute atomic E-state index is 0.138. The smallest absolute Gasteiger partial charge is 0.220 e. The molecule has 1 saturated heterocycles. The van der Waals surface area contributed by atoms with E-state index in [9.17, 15) is 4.79 Å². The second-order valence-corrected chi connectivity index (χ2v) is 9.31. The first-order valence-corrected chi connectivity index (χ1v) is 12.3. The van der Waals surface area contributed by atoms with Crippen molar-refractivity contribution in [3.05, 3.63) is 47.8 Å². The molecular weight excluding hydrogens is 414 g/mol. The number of thiophene rings is 1. The van der Waals surface area contributed by atoms with Crippen LogP contribution in [0.5, 0.6) is 0 Å². The van der Waals surface area contributed by atoms with Crippen molar-refractivity contribution in [2.45, 2.75) is 30.8 Å². The average Bonchev–Trinajstić information content (AvgIpc) is 3.53. The lowest BCUT2D eigenvalue weighted by molar-refractivity contribution is -0.121. The van der Waals surface area contributed by atoms with Crippen LogP contribution in [0.4, 0.5) is 0 Å². The predicted octanol–water partition coefficient (Wildman–Crippen LogP) is 4.08. The Morgan fingerprint density at radius 2 is 1.93 bits per heavy atom. The lowest BCUT2D eigenvalue weighted by Gasteiger charge is -2.14. The van der Waals surface area contributed by atoms with Crippen molar-refractivity contribution in [2.24, 2.45) is 0 Å². The standard InChI is InChI=1S/C22H27N5OS2/c28-20(23-12-15-26-13-4-5-14-26)11-7-17-30-22-25-24-21(19-10-6-16-29-19)27(22)18-8-2-1-3-9-18/h1-3,6,8-10,16H,4-5,7,11-15,17H2,(H,23,28). The Morgan fingerprint density at radius 3 is 2.70 bits per heavy atom. The third kappa shape index (κ3) is 5.50. The van der Waals surface area contributed by atoms with E-state index < -0.39 is 0 Å². The Bertz CT molecular complexity index is 920. The molecule has 30 heavy (non-hydrogen) atoms. The number of rotatable bonds is 10. The first kappa shape index (κ1) is 21.1. The molecule has 3 aromatic rings.